The molecule has 2 rings (SSSR count). The lowest BCUT2D eigenvalue weighted by atomic mass is 9.89. The van der Waals surface area contributed by atoms with Gasteiger partial charge >= 0.3 is 0 Å². The summed E-state index contributed by atoms with van der Waals surface area (Å²) in [5.74, 6) is 1.76. The quantitative estimate of drug-likeness (QED) is 0.763. The zero-order valence-corrected chi connectivity index (χ0v) is 15.6. The normalized spacial score (nSPS) is 16.9. The van der Waals surface area contributed by atoms with Gasteiger partial charge in [-0.15, -0.1) is 0 Å². The standard InChI is InChI=1S/C20H32N2O2/c1-16(18-12-8-9-13-19(18)24-4)21(2)15-20(23)22(3)14-17-10-6-5-7-11-17/h8-9,12-13,16-17H,5-7,10-11,14-15H2,1-4H3. The topological polar surface area (TPSA) is 32.8 Å². The van der Waals surface area contributed by atoms with E-state index < -0.39 is 0 Å². The number of amides is 1. The molecule has 0 aromatic heterocycles. The van der Waals surface area contributed by atoms with Crippen molar-refractivity contribution in [3.63, 3.8) is 0 Å². The molecule has 1 unspecified atom stereocenters. The molecule has 0 radical (unpaired) electrons. The molecule has 1 aromatic carbocycles. The molecule has 1 saturated carbocycles. The third-order valence-corrected chi connectivity index (χ3v) is 5.32. The van der Waals surface area contributed by atoms with Crippen molar-refractivity contribution in [3.8, 4) is 5.75 Å². The number of para-hydroxylation sites is 1. The second kappa shape index (κ2) is 9.07. The van der Waals surface area contributed by atoms with E-state index in [1.165, 1.54) is 32.1 Å². The van der Waals surface area contributed by atoms with Gasteiger partial charge in [-0.25, -0.2) is 0 Å². The SMILES string of the molecule is COc1ccccc1C(C)N(C)CC(=O)N(C)CC1CCCCC1. The van der Waals surface area contributed by atoms with E-state index in [0.29, 0.717) is 12.5 Å². The number of carbonyl (C=O) groups excluding carboxylic acids is 1. The lowest BCUT2D eigenvalue weighted by Crippen LogP contribution is -2.40. The molecule has 0 heterocycles. The maximum atomic E-state index is 12.6. The van der Waals surface area contributed by atoms with Crippen molar-refractivity contribution in [3.05, 3.63) is 29.8 Å². The molecule has 24 heavy (non-hydrogen) atoms. The van der Waals surface area contributed by atoms with Gasteiger partial charge in [-0.2, -0.15) is 0 Å². The molecule has 1 aliphatic rings. The van der Waals surface area contributed by atoms with Crippen LogP contribution in [0.3, 0.4) is 0 Å². The molecule has 4 nitrogen and oxygen atoms in total. The third-order valence-electron chi connectivity index (χ3n) is 5.32. The summed E-state index contributed by atoms with van der Waals surface area (Å²) in [5, 5.41) is 0. The Kier molecular flexibility index (Phi) is 7.10. The first-order valence-corrected chi connectivity index (χ1v) is 9.10. The minimum absolute atomic E-state index is 0.133. The van der Waals surface area contributed by atoms with Crippen molar-refractivity contribution >= 4 is 5.91 Å². The second-order valence-electron chi connectivity index (χ2n) is 7.11. The van der Waals surface area contributed by atoms with Crippen molar-refractivity contribution < 1.29 is 9.53 Å². The molecular weight excluding hydrogens is 300 g/mol. The summed E-state index contributed by atoms with van der Waals surface area (Å²) in [6.07, 6.45) is 6.53. The molecule has 1 aromatic rings. The van der Waals surface area contributed by atoms with Gasteiger partial charge in [0.15, 0.2) is 0 Å². The van der Waals surface area contributed by atoms with Gasteiger partial charge in [-0.1, -0.05) is 37.5 Å². The van der Waals surface area contributed by atoms with Gasteiger partial charge in [0.1, 0.15) is 5.75 Å². The Balaban J connectivity index is 1.89. The summed E-state index contributed by atoms with van der Waals surface area (Å²) in [5.41, 5.74) is 1.12. The molecule has 0 saturated heterocycles. The Morgan fingerprint density at radius 1 is 1.21 bits per heavy atom. The highest BCUT2D eigenvalue weighted by Crippen LogP contribution is 2.28. The Morgan fingerprint density at radius 3 is 2.54 bits per heavy atom. The molecule has 134 valence electrons. The third kappa shape index (κ3) is 4.97. The number of rotatable bonds is 7. The van der Waals surface area contributed by atoms with Crippen LogP contribution in [0.2, 0.25) is 0 Å². The Morgan fingerprint density at radius 2 is 1.88 bits per heavy atom. The first kappa shape index (κ1) is 18.8. The Hall–Kier alpha value is -1.55. The first-order chi connectivity index (χ1) is 11.5. The fourth-order valence-electron chi connectivity index (χ4n) is 3.58. The van der Waals surface area contributed by atoms with E-state index in [-0.39, 0.29) is 11.9 Å². The summed E-state index contributed by atoms with van der Waals surface area (Å²) in [7, 11) is 5.64. The van der Waals surface area contributed by atoms with E-state index in [2.05, 4.69) is 17.9 Å². The van der Waals surface area contributed by atoms with E-state index >= 15 is 0 Å². The van der Waals surface area contributed by atoms with Crippen LogP contribution >= 0.6 is 0 Å². The van der Waals surface area contributed by atoms with Crippen LogP contribution in [0.5, 0.6) is 5.75 Å². The lowest BCUT2D eigenvalue weighted by molar-refractivity contribution is -0.132. The predicted molar refractivity (Wildman–Crippen MR) is 98.3 cm³/mol. The highest BCUT2D eigenvalue weighted by molar-refractivity contribution is 5.78. The fraction of sp³-hybridized carbons (Fsp3) is 0.650. The van der Waals surface area contributed by atoms with Gasteiger partial charge in [-0.05, 0) is 38.8 Å². The fourth-order valence-corrected chi connectivity index (χ4v) is 3.58. The largest absolute Gasteiger partial charge is 0.496 e. The highest BCUT2D eigenvalue weighted by atomic mass is 16.5. The maximum absolute atomic E-state index is 12.6. The maximum Gasteiger partial charge on any atom is 0.236 e. The summed E-state index contributed by atoms with van der Waals surface area (Å²) < 4.78 is 5.45. The van der Waals surface area contributed by atoms with E-state index in [1.54, 1.807) is 7.11 Å². The van der Waals surface area contributed by atoms with Crippen LogP contribution in [0.25, 0.3) is 0 Å². The molecular formula is C20H32N2O2. The smallest absolute Gasteiger partial charge is 0.236 e. The average Bonchev–Trinajstić information content (AvgIpc) is 2.61. The van der Waals surface area contributed by atoms with Crippen molar-refractivity contribution in [2.75, 3.05) is 34.3 Å². The summed E-state index contributed by atoms with van der Waals surface area (Å²) in [6.45, 7) is 3.45. The summed E-state index contributed by atoms with van der Waals surface area (Å²) in [4.78, 5) is 16.6. The number of ether oxygens (including phenoxy) is 1. The van der Waals surface area contributed by atoms with Crippen molar-refractivity contribution in [2.45, 2.75) is 45.1 Å². The van der Waals surface area contributed by atoms with E-state index in [0.717, 1.165) is 17.9 Å². The molecule has 4 heteroatoms. The number of hydrogen-bond donors (Lipinski definition) is 0. The number of carbonyl (C=O) groups is 1. The molecule has 0 spiro atoms. The minimum atomic E-state index is 0.133. The number of methoxy groups -OCH3 is 1. The minimum Gasteiger partial charge on any atom is -0.496 e. The monoisotopic (exact) mass is 332 g/mol. The second-order valence-corrected chi connectivity index (χ2v) is 7.11. The number of hydrogen-bond acceptors (Lipinski definition) is 3. The van der Waals surface area contributed by atoms with Gasteiger partial charge in [0, 0.05) is 25.2 Å². The Labute approximate surface area is 146 Å². The van der Waals surface area contributed by atoms with E-state index in [4.69, 9.17) is 4.74 Å². The Bertz CT molecular complexity index is 526. The highest BCUT2D eigenvalue weighted by Gasteiger charge is 2.22. The lowest BCUT2D eigenvalue weighted by Gasteiger charge is -2.30. The molecule has 0 aliphatic heterocycles. The predicted octanol–water partition coefficient (Wildman–Crippen LogP) is 3.73. The molecule has 0 N–H and O–H groups in total. The number of likely N-dealkylation sites (N-methyl/N-ethyl adjacent to an activating group) is 2. The van der Waals surface area contributed by atoms with Crippen LogP contribution in [0.4, 0.5) is 0 Å². The molecule has 1 atom stereocenters. The molecule has 1 amide bonds. The molecule has 1 aliphatic carbocycles. The zero-order chi connectivity index (χ0) is 17.5. The summed E-state index contributed by atoms with van der Waals surface area (Å²) >= 11 is 0. The van der Waals surface area contributed by atoms with Gasteiger partial charge in [0.05, 0.1) is 13.7 Å². The van der Waals surface area contributed by atoms with Gasteiger partial charge in [0.25, 0.3) is 0 Å². The van der Waals surface area contributed by atoms with Crippen LogP contribution in [0.1, 0.15) is 50.6 Å². The van der Waals surface area contributed by atoms with Crippen LogP contribution in [0, 0.1) is 5.92 Å². The number of benzene rings is 1. The summed E-state index contributed by atoms with van der Waals surface area (Å²) in [6, 6.07) is 8.15. The van der Waals surface area contributed by atoms with Crippen molar-refractivity contribution in [1.82, 2.24) is 9.80 Å². The molecule has 1 fully saturated rings. The van der Waals surface area contributed by atoms with Crippen molar-refractivity contribution in [1.29, 1.82) is 0 Å². The van der Waals surface area contributed by atoms with E-state index in [1.807, 2.05) is 37.2 Å². The van der Waals surface area contributed by atoms with Crippen LogP contribution < -0.4 is 4.74 Å². The van der Waals surface area contributed by atoms with Crippen LogP contribution in [-0.2, 0) is 4.79 Å². The molecule has 0 bridgehead atoms. The van der Waals surface area contributed by atoms with Gasteiger partial charge in [0.2, 0.25) is 5.91 Å². The van der Waals surface area contributed by atoms with Crippen LogP contribution in [0.15, 0.2) is 24.3 Å². The van der Waals surface area contributed by atoms with Crippen molar-refractivity contribution in [2.24, 2.45) is 5.92 Å². The van der Waals surface area contributed by atoms with Gasteiger partial charge in [-0.3, -0.25) is 9.69 Å². The first-order valence-electron chi connectivity index (χ1n) is 9.10. The number of nitrogens with zero attached hydrogens (tertiary/aromatic N) is 2. The zero-order valence-electron chi connectivity index (χ0n) is 15.6. The van der Waals surface area contributed by atoms with Crippen LogP contribution in [-0.4, -0.2) is 50.0 Å². The average molecular weight is 332 g/mol. The van der Waals surface area contributed by atoms with E-state index in [9.17, 15) is 4.79 Å². The van der Waals surface area contributed by atoms with Gasteiger partial charge < -0.3 is 9.64 Å².